The van der Waals surface area contributed by atoms with Gasteiger partial charge in [-0.25, -0.2) is 4.79 Å². The third-order valence-corrected chi connectivity index (χ3v) is 11.8. The summed E-state index contributed by atoms with van der Waals surface area (Å²) in [5, 5.41) is 5.33. The molecule has 0 fully saturated rings. The van der Waals surface area contributed by atoms with Crippen LogP contribution in [0.15, 0.2) is 48.6 Å². The molecule has 0 saturated carbocycles. The van der Waals surface area contributed by atoms with Gasteiger partial charge in [-0.05, 0) is 87.8 Å². The number of nitrogens with one attached hydrogen (secondary N) is 1. The highest BCUT2D eigenvalue weighted by molar-refractivity contribution is 6.60. The highest BCUT2D eigenvalue weighted by atomic mass is 28.4. The summed E-state index contributed by atoms with van der Waals surface area (Å²) in [6.45, 7) is 11.6. The minimum Gasteiger partial charge on any atom is -0.494 e. The van der Waals surface area contributed by atoms with Gasteiger partial charge in [0.05, 0.1) is 13.2 Å². The maximum Gasteiger partial charge on any atom is 0.500 e. The number of hydrogen-bond donors (Lipinski definition) is 1. The first kappa shape index (κ1) is 42.8. The second-order valence-corrected chi connectivity index (χ2v) is 15.6. The summed E-state index contributed by atoms with van der Waals surface area (Å²) >= 11 is 0. The van der Waals surface area contributed by atoms with Crippen LogP contribution in [-0.4, -0.2) is 54.5 Å². The lowest BCUT2D eigenvalue weighted by Crippen LogP contribution is -2.46. The van der Waals surface area contributed by atoms with Crippen molar-refractivity contribution in [3.05, 3.63) is 54.1 Å². The van der Waals surface area contributed by atoms with Crippen molar-refractivity contribution in [2.45, 2.75) is 143 Å². The number of amides is 1. The Balaban J connectivity index is 1.50. The van der Waals surface area contributed by atoms with E-state index in [2.05, 4.69) is 60.8 Å². The lowest BCUT2D eigenvalue weighted by Gasteiger charge is -2.28. The molecule has 278 valence electrons. The van der Waals surface area contributed by atoms with Crippen LogP contribution in [0.5, 0.6) is 5.75 Å². The van der Waals surface area contributed by atoms with Gasteiger partial charge < -0.3 is 28.1 Å². The van der Waals surface area contributed by atoms with Gasteiger partial charge in [0, 0.05) is 32.4 Å². The summed E-state index contributed by atoms with van der Waals surface area (Å²) < 4.78 is 29.0. The molecule has 0 radical (unpaired) electrons. The molecular weight excluding hydrogens is 631 g/mol. The van der Waals surface area contributed by atoms with Crippen LogP contribution in [-0.2, 0) is 24.4 Å². The van der Waals surface area contributed by atoms with E-state index in [1.165, 1.54) is 74.1 Å². The monoisotopic (exact) mass is 699 g/mol. The van der Waals surface area contributed by atoms with E-state index in [4.69, 9.17) is 22.8 Å². The van der Waals surface area contributed by atoms with Crippen molar-refractivity contribution in [1.29, 1.82) is 0 Å². The smallest absolute Gasteiger partial charge is 0.494 e. The van der Waals surface area contributed by atoms with Crippen LogP contribution < -0.4 is 10.1 Å². The predicted molar refractivity (Wildman–Crippen MR) is 207 cm³/mol. The number of allylic oxidation sites excluding steroid dienone is 2. The normalized spacial score (nSPS) is 11.8. The largest absolute Gasteiger partial charge is 0.500 e. The Hall–Kier alpha value is -2.39. The lowest BCUT2D eigenvalue weighted by molar-refractivity contribution is 0.0706. The number of carbonyl (C=O) groups is 1. The highest BCUT2D eigenvalue weighted by Gasteiger charge is 2.39. The molecule has 0 unspecified atom stereocenters. The van der Waals surface area contributed by atoms with Crippen LogP contribution >= 0.6 is 0 Å². The molecule has 2 aromatic carbocycles. The van der Waals surface area contributed by atoms with Crippen molar-refractivity contribution in [3.8, 4) is 5.75 Å². The average Bonchev–Trinajstić information content (AvgIpc) is 3.10. The Kier molecular flexibility index (Phi) is 24.7. The molecule has 7 nitrogen and oxygen atoms in total. The van der Waals surface area contributed by atoms with Gasteiger partial charge >= 0.3 is 14.9 Å². The molecule has 1 N–H and O–H groups in total. The van der Waals surface area contributed by atoms with E-state index in [1.807, 2.05) is 20.8 Å². The Bertz CT molecular complexity index is 1130. The van der Waals surface area contributed by atoms with Crippen LogP contribution in [0, 0.1) is 0 Å². The standard InChI is InChI=1S/C41H69NO6Si/c1-5-9-10-11-12-13-14-17-20-23-32-44-40-30-29-38-35-37(27-28-39(38)36-40)26-22-19-16-15-18-21-24-33-45-41(43)42-31-25-34-49(46-6-2,47-7-3)48-8-4/h19,22,27-30,35-36H,5-18,20-21,23-26,31-34H2,1-4H3,(H,42,43)/b22-19+. The summed E-state index contributed by atoms with van der Waals surface area (Å²) in [6.07, 6.45) is 24.6. The number of alkyl carbamates (subject to hydrolysis) is 1. The van der Waals surface area contributed by atoms with Gasteiger partial charge in [0.2, 0.25) is 0 Å². The maximum absolute atomic E-state index is 12.0. The molecule has 0 aliphatic carbocycles. The Labute approximate surface area is 300 Å². The summed E-state index contributed by atoms with van der Waals surface area (Å²) in [5.41, 5.74) is 1.33. The Morgan fingerprint density at radius 1 is 0.653 bits per heavy atom. The topological polar surface area (TPSA) is 75.3 Å². The molecule has 0 heterocycles. The molecule has 1 amide bonds. The maximum atomic E-state index is 12.0. The van der Waals surface area contributed by atoms with Crippen LogP contribution in [0.2, 0.25) is 6.04 Å². The minimum atomic E-state index is -2.66. The van der Waals surface area contributed by atoms with Gasteiger partial charge in [-0.2, -0.15) is 0 Å². The first-order valence-electron chi connectivity index (χ1n) is 19.7. The zero-order valence-electron chi connectivity index (χ0n) is 31.5. The number of carbonyl (C=O) groups excluding carboxylic acids is 1. The van der Waals surface area contributed by atoms with E-state index >= 15 is 0 Å². The molecule has 0 saturated heterocycles. The molecule has 0 aliphatic heterocycles. The average molecular weight is 700 g/mol. The number of ether oxygens (including phenoxy) is 2. The molecule has 2 aromatic rings. The van der Waals surface area contributed by atoms with Crippen LogP contribution in [0.3, 0.4) is 0 Å². The number of rotatable bonds is 31. The molecule has 8 heteroatoms. The van der Waals surface area contributed by atoms with Crippen molar-refractivity contribution < 1.29 is 27.5 Å². The summed E-state index contributed by atoms with van der Waals surface area (Å²) in [6, 6.07) is 13.9. The fraction of sp³-hybridized carbons (Fsp3) is 0.683. The van der Waals surface area contributed by atoms with E-state index in [0.717, 1.165) is 63.7 Å². The van der Waals surface area contributed by atoms with Crippen molar-refractivity contribution in [3.63, 3.8) is 0 Å². The molecule has 0 aromatic heterocycles. The van der Waals surface area contributed by atoms with Gasteiger partial charge in [0.25, 0.3) is 0 Å². The van der Waals surface area contributed by atoms with Gasteiger partial charge in [-0.3, -0.25) is 0 Å². The van der Waals surface area contributed by atoms with Gasteiger partial charge in [-0.15, -0.1) is 0 Å². The molecule has 49 heavy (non-hydrogen) atoms. The third kappa shape index (κ3) is 20.1. The fourth-order valence-corrected chi connectivity index (χ4v) is 8.65. The van der Waals surface area contributed by atoms with Gasteiger partial charge in [0.15, 0.2) is 0 Å². The molecule has 0 spiro atoms. The third-order valence-electron chi connectivity index (χ3n) is 8.68. The number of fused-ring (bicyclic) bond motifs is 1. The van der Waals surface area contributed by atoms with Crippen LogP contribution in [0.4, 0.5) is 4.79 Å². The zero-order valence-corrected chi connectivity index (χ0v) is 32.5. The molecule has 2 rings (SSSR count). The fourth-order valence-electron chi connectivity index (χ4n) is 6.04. The number of unbranched alkanes of at least 4 members (excludes halogenated alkanes) is 13. The van der Waals surface area contributed by atoms with Gasteiger partial charge in [0.1, 0.15) is 5.75 Å². The molecule has 0 atom stereocenters. The highest BCUT2D eigenvalue weighted by Crippen LogP contribution is 2.23. The summed E-state index contributed by atoms with van der Waals surface area (Å²) in [4.78, 5) is 12.0. The minimum absolute atomic E-state index is 0.360. The van der Waals surface area contributed by atoms with E-state index in [0.29, 0.717) is 39.0 Å². The van der Waals surface area contributed by atoms with Crippen LogP contribution in [0.25, 0.3) is 10.8 Å². The van der Waals surface area contributed by atoms with E-state index in [1.54, 1.807) is 0 Å². The van der Waals surface area contributed by atoms with Crippen molar-refractivity contribution in [2.75, 3.05) is 39.6 Å². The summed E-state index contributed by atoms with van der Waals surface area (Å²) in [7, 11) is -2.66. The first-order valence-corrected chi connectivity index (χ1v) is 21.6. The second-order valence-electron chi connectivity index (χ2n) is 12.9. The number of benzene rings is 2. The first-order chi connectivity index (χ1) is 24.1. The van der Waals surface area contributed by atoms with E-state index < -0.39 is 8.80 Å². The second kappa shape index (κ2) is 28.3. The van der Waals surface area contributed by atoms with E-state index in [-0.39, 0.29) is 6.09 Å². The van der Waals surface area contributed by atoms with Crippen molar-refractivity contribution >= 4 is 25.7 Å². The molecule has 0 aliphatic rings. The zero-order chi connectivity index (χ0) is 35.3. The van der Waals surface area contributed by atoms with Gasteiger partial charge in [-0.1, -0.05) is 114 Å². The predicted octanol–water partition coefficient (Wildman–Crippen LogP) is 11.4. The van der Waals surface area contributed by atoms with Crippen molar-refractivity contribution in [2.24, 2.45) is 0 Å². The molecule has 0 bridgehead atoms. The summed E-state index contributed by atoms with van der Waals surface area (Å²) in [5.74, 6) is 0.976. The van der Waals surface area contributed by atoms with Crippen LogP contribution in [0.1, 0.15) is 136 Å². The number of hydrogen-bond acceptors (Lipinski definition) is 6. The Morgan fingerprint density at radius 3 is 1.92 bits per heavy atom. The Morgan fingerprint density at radius 2 is 1.24 bits per heavy atom. The quantitative estimate of drug-likeness (QED) is 0.0480. The lowest BCUT2D eigenvalue weighted by atomic mass is 10.0. The molecular formula is C41H69NO6Si. The van der Waals surface area contributed by atoms with E-state index in [9.17, 15) is 4.79 Å². The van der Waals surface area contributed by atoms with Crippen molar-refractivity contribution in [1.82, 2.24) is 5.32 Å². The SMILES string of the molecule is CCCCCCCCCCCCOc1ccc2cc(C/C=C/CCCCCCOC(=O)NCCC[Si](OCC)(OCC)OCC)ccc2c1.